The molecule has 0 aromatic heterocycles. The van der Waals surface area contributed by atoms with Crippen molar-refractivity contribution in [2.45, 2.75) is 181 Å². The molecule has 5 fully saturated rings. The lowest BCUT2D eigenvalue weighted by Gasteiger charge is -2.51. The lowest BCUT2D eigenvalue weighted by molar-refractivity contribution is -0.378. The van der Waals surface area contributed by atoms with Crippen molar-refractivity contribution < 1.29 is 128 Å². The van der Waals surface area contributed by atoms with Gasteiger partial charge in [0.05, 0.1) is 25.9 Å². The molecule has 0 spiro atoms. The topological polar surface area (TPSA) is 450 Å². The Balaban J connectivity index is 1.48. The van der Waals surface area contributed by atoms with Gasteiger partial charge in [-0.15, -0.1) is 0 Å². The molecule has 5 saturated heterocycles. The average molecular weight is 950 g/mol. The highest BCUT2D eigenvalue weighted by molar-refractivity contribution is 5.74. The summed E-state index contributed by atoms with van der Waals surface area (Å²) < 4.78 is 51.6. The van der Waals surface area contributed by atoms with E-state index in [1.165, 1.54) is 6.92 Å². The third-order valence-electron chi connectivity index (χ3n) is 11.5. The van der Waals surface area contributed by atoms with Crippen LogP contribution in [-0.2, 0) is 61.8 Å². The molecule has 5 aliphatic rings. The summed E-state index contributed by atoms with van der Waals surface area (Å²) >= 11 is 0. The minimum absolute atomic E-state index is 0.726. The highest BCUT2D eigenvalue weighted by Gasteiger charge is 2.58. The number of aliphatic carboxylic acids is 1. The number of aliphatic hydroxyl groups excluding tert-OH is 12. The molecule has 65 heavy (non-hydrogen) atoms. The summed E-state index contributed by atoms with van der Waals surface area (Å²) in [5.74, 6) is -4.25. The Morgan fingerprint density at radius 1 is 0.446 bits per heavy atom. The number of hydrogen-bond acceptors (Lipinski definition) is 25. The van der Waals surface area contributed by atoms with E-state index in [-0.39, 0.29) is 0 Å². The van der Waals surface area contributed by atoms with Crippen LogP contribution in [0.1, 0.15) is 27.7 Å². The summed E-state index contributed by atoms with van der Waals surface area (Å²) in [6.07, 6.45) is -41.5. The summed E-state index contributed by atoms with van der Waals surface area (Å²) in [6, 6.07) is -5.10. The van der Waals surface area contributed by atoms with E-state index in [9.17, 15) is 85.6 Å². The molecule has 29 heteroatoms. The minimum Gasteiger partial charge on any atom is -0.479 e. The summed E-state index contributed by atoms with van der Waals surface area (Å²) in [6.45, 7) is 1.48. The maximum atomic E-state index is 12.8. The molecule has 0 unspecified atom stereocenters. The molecule has 5 rings (SSSR count). The van der Waals surface area contributed by atoms with Gasteiger partial charge >= 0.3 is 5.97 Å². The van der Waals surface area contributed by atoms with Crippen LogP contribution in [0.15, 0.2) is 0 Å². The number of carboxylic acids is 1. The number of carbonyl (C=O) groups is 4. The van der Waals surface area contributed by atoms with E-state index in [0.29, 0.717) is 0 Å². The van der Waals surface area contributed by atoms with Gasteiger partial charge < -0.3 is 125 Å². The zero-order valence-corrected chi connectivity index (χ0v) is 35.2. The first-order valence-corrected chi connectivity index (χ1v) is 20.4. The molecule has 25 atom stereocenters. The Morgan fingerprint density at radius 2 is 0.892 bits per heavy atom. The van der Waals surface area contributed by atoms with Crippen molar-refractivity contribution in [3.05, 3.63) is 0 Å². The first-order chi connectivity index (χ1) is 30.5. The predicted molar refractivity (Wildman–Crippen MR) is 200 cm³/mol. The Bertz CT molecular complexity index is 1620. The molecule has 16 N–H and O–H groups in total. The summed E-state index contributed by atoms with van der Waals surface area (Å²) in [5, 5.41) is 145. The van der Waals surface area contributed by atoms with Crippen molar-refractivity contribution >= 4 is 23.7 Å². The summed E-state index contributed by atoms with van der Waals surface area (Å²) in [5.41, 5.74) is 0. The molecule has 5 aliphatic heterocycles. The van der Waals surface area contributed by atoms with Crippen molar-refractivity contribution in [3.63, 3.8) is 0 Å². The van der Waals surface area contributed by atoms with Gasteiger partial charge in [-0.1, -0.05) is 0 Å². The molecule has 0 aromatic rings. The van der Waals surface area contributed by atoms with Gasteiger partial charge in [-0.25, -0.2) is 4.79 Å². The smallest absolute Gasteiger partial charge is 0.335 e. The molecule has 0 bridgehead atoms. The number of aliphatic hydroxyl groups is 12. The van der Waals surface area contributed by atoms with Crippen LogP contribution in [0, 0.1) is 0 Å². The maximum absolute atomic E-state index is 12.8. The number of ether oxygens (including phenoxy) is 9. The number of rotatable bonds is 15. The monoisotopic (exact) mass is 949 g/mol. The first kappa shape index (κ1) is 53.0. The first-order valence-electron chi connectivity index (χ1n) is 20.4. The SMILES string of the molecule is CC(=O)N[C@H]1[C@@H](O[C@H]2[C@@H](O)[C@@H](CO)O[C@@H](O[C@@H]3[C@@H](O)[C@@H](O)O[C@H](C(=O)O)[C@@H]3O[C@H]3O[C@H](C)[C@H](O)[C@H](O)[C@H]3O)[C@@H]2NC(C)=O)O[C@H](CO)[C@H](O[C@H]2O[C@H](CO)[C@H](O)[C@H](O)[C@H]2NC(C)=O)[C@@H]1O. The van der Waals surface area contributed by atoms with Crippen molar-refractivity contribution in [3.8, 4) is 0 Å². The molecule has 0 radical (unpaired) electrons. The van der Waals surface area contributed by atoms with Crippen LogP contribution in [0.25, 0.3) is 0 Å². The molecule has 3 amide bonds. The van der Waals surface area contributed by atoms with Gasteiger partial charge in [0.25, 0.3) is 0 Å². The van der Waals surface area contributed by atoms with E-state index in [4.69, 9.17) is 42.6 Å². The fourth-order valence-corrected chi connectivity index (χ4v) is 8.15. The quantitative estimate of drug-likeness (QED) is 0.0725. The second-order valence-electron chi connectivity index (χ2n) is 16.2. The second kappa shape index (κ2) is 22.4. The van der Waals surface area contributed by atoms with Crippen LogP contribution >= 0.6 is 0 Å². The van der Waals surface area contributed by atoms with E-state index < -0.39 is 197 Å². The Labute approximate surface area is 368 Å². The van der Waals surface area contributed by atoms with Crippen molar-refractivity contribution in [2.75, 3.05) is 19.8 Å². The fraction of sp³-hybridized carbons (Fsp3) is 0.889. The zero-order chi connectivity index (χ0) is 48.3. The fourth-order valence-electron chi connectivity index (χ4n) is 8.15. The number of carbonyl (C=O) groups excluding carboxylic acids is 3. The molecular weight excluding hydrogens is 890 g/mol. The van der Waals surface area contributed by atoms with Crippen LogP contribution in [0.4, 0.5) is 0 Å². The van der Waals surface area contributed by atoms with E-state index in [2.05, 4.69) is 16.0 Å². The molecular formula is C36H59N3O26. The highest BCUT2D eigenvalue weighted by atomic mass is 16.8. The van der Waals surface area contributed by atoms with Crippen LogP contribution < -0.4 is 16.0 Å². The van der Waals surface area contributed by atoms with E-state index in [0.717, 1.165) is 20.8 Å². The number of amides is 3. The van der Waals surface area contributed by atoms with Gasteiger partial charge in [0.1, 0.15) is 110 Å². The number of hydrogen-bond donors (Lipinski definition) is 16. The van der Waals surface area contributed by atoms with Crippen LogP contribution in [-0.4, -0.2) is 263 Å². The van der Waals surface area contributed by atoms with Crippen LogP contribution in [0.2, 0.25) is 0 Å². The Morgan fingerprint density at radius 3 is 1.42 bits per heavy atom. The predicted octanol–water partition coefficient (Wildman–Crippen LogP) is -10.4. The van der Waals surface area contributed by atoms with Gasteiger partial charge in [-0.05, 0) is 6.92 Å². The van der Waals surface area contributed by atoms with Gasteiger partial charge in [0.15, 0.2) is 37.6 Å². The van der Waals surface area contributed by atoms with Gasteiger partial charge in [-0.2, -0.15) is 0 Å². The summed E-state index contributed by atoms with van der Waals surface area (Å²) in [4.78, 5) is 49.8. The van der Waals surface area contributed by atoms with Crippen molar-refractivity contribution in [2.24, 2.45) is 0 Å². The van der Waals surface area contributed by atoms with E-state index in [1.54, 1.807) is 0 Å². The van der Waals surface area contributed by atoms with E-state index >= 15 is 0 Å². The second-order valence-corrected chi connectivity index (χ2v) is 16.2. The lowest BCUT2D eigenvalue weighted by atomic mass is 9.93. The minimum atomic E-state index is -2.32. The maximum Gasteiger partial charge on any atom is 0.335 e. The molecule has 29 nitrogen and oxygen atoms in total. The van der Waals surface area contributed by atoms with E-state index in [1.807, 2.05) is 0 Å². The van der Waals surface area contributed by atoms with Crippen LogP contribution in [0.5, 0.6) is 0 Å². The van der Waals surface area contributed by atoms with Crippen molar-refractivity contribution in [1.29, 1.82) is 0 Å². The lowest BCUT2D eigenvalue weighted by Crippen LogP contribution is -2.72. The third kappa shape index (κ3) is 11.7. The van der Waals surface area contributed by atoms with Gasteiger partial charge in [0.2, 0.25) is 17.7 Å². The average Bonchev–Trinajstić information content (AvgIpc) is 3.24. The van der Waals surface area contributed by atoms with Crippen LogP contribution in [0.3, 0.4) is 0 Å². The molecule has 5 heterocycles. The molecule has 0 aromatic carbocycles. The standard InChI is InChI=1S/C36H59N3O26/c1-8-18(46)23(51)24(52)36(57-8)65-29-28(25(53)32(56)61-30(29)31(54)55)64-35-17(39-11(4)45)27(20(48)13(6-41)59-35)63-34-16(38-10(3)44)22(50)26(14(7-42)60-34)62-33-15(37-9(2)43)21(49)19(47)12(5-40)58-33/h8,12-30,32-36,40-42,46-53,56H,5-7H2,1-4H3,(H,37,43)(H,38,44)(H,39,45)(H,54,55)/t8-,12-,13-,14-,15-,16-,17-,18+,19+,20+,21-,22-,23+,24-,25-,26+,27-,28-,29-,30+,32+,33-,34-,35+,36-/m1/s1. The normalized spacial score (nSPS) is 47.0. The van der Waals surface area contributed by atoms with Gasteiger partial charge in [0, 0.05) is 20.8 Å². The molecule has 0 aliphatic carbocycles. The Hall–Kier alpha value is -2.96. The zero-order valence-electron chi connectivity index (χ0n) is 35.2. The number of carboxylic acid groups (broad SMARTS) is 1. The highest BCUT2D eigenvalue weighted by Crippen LogP contribution is 2.36. The number of nitrogens with one attached hydrogen (secondary N) is 3. The summed E-state index contributed by atoms with van der Waals surface area (Å²) in [7, 11) is 0. The Kier molecular flexibility index (Phi) is 18.3. The largest absolute Gasteiger partial charge is 0.479 e. The van der Waals surface area contributed by atoms with Crippen molar-refractivity contribution in [1.82, 2.24) is 16.0 Å². The van der Waals surface area contributed by atoms with Gasteiger partial charge in [-0.3, -0.25) is 14.4 Å². The molecule has 374 valence electrons. The molecule has 0 saturated carbocycles. The third-order valence-corrected chi connectivity index (χ3v) is 11.5.